The number of carbonyl (C=O) groups excluding carboxylic acids is 2. The Morgan fingerprint density at radius 3 is 2.58 bits per heavy atom. The van der Waals surface area contributed by atoms with Crippen molar-refractivity contribution in [1.82, 2.24) is 25.0 Å². The Balaban J connectivity index is 1.48. The van der Waals surface area contributed by atoms with Crippen LogP contribution in [0.5, 0.6) is 0 Å². The van der Waals surface area contributed by atoms with Gasteiger partial charge in [0.05, 0.1) is 11.7 Å². The summed E-state index contributed by atoms with van der Waals surface area (Å²) in [6, 6.07) is 12.6. The molecular weight excluding hydrogens is 397 g/mol. The van der Waals surface area contributed by atoms with E-state index in [0.717, 1.165) is 5.69 Å². The summed E-state index contributed by atoms with van der Waals surface area (Å²) in [4.78, 5) is 31.7. The minimum absolute atomic E-state index is 0.0859. The van der Waals surface area contributed by atoms with Crippen molar-refractivity contribution in [2.45, 2.75) is 18.9 Å². The van der Waals surface area contributed by atoms with E-state index in [-0.39, 0.29) is 29.3 Å². The number of halogens is 1. The summed E-state index contributed by atoms with van der Waals surface area (Å²) < 4.78 is 15.2. The van der Waals surface area contributed by atoms with Crippen LogP contribution in [0.2, 0.25) is 0 Å². The van der Waals surface area contributed by atoms with Crippen molar-refractivity contribution < 1.29 is 14.0 Å². The van der Waals surface area contributed by atoms with E-state index in [4.69, 9.17) is 0 Å². The Labute approximate surface area is 179 Å². The lowest BCUT2D eigenvalue weighted by molar-refractivity contribution is 0.0651. The number of carbonyl (C=O) groups is 2. The lowest BCUT2D eigenvalue weighted by atomic mass is 9.87. The Bertz CT molecular complexity index is 1060. The highest BCUT2D eigenvalue weighted by atomic mass is 19.1. The highest BCUT2D eigenvalue weighted by molar-refractivity contribution is 5.94. The smallest absolute Gasteiger partial charge is 0.274 e. The van der Waals surface area contributed by atoms with Gasteiger partial charge in [-0.25, -0.2) is 4.39 Å². The van der Waals surface area contributed by atoms with E-state index in [9.17, 15) is 14.0 Å². The quantitative estimate of drug-likeness (QED) is 0.687. The van der Waals surface area contributed by atoms with Crippen molar-refractivity contribution in [2.24, 2.45) is 13.0 Å². The fourth-order valence-electron chi connectivity index (χ4n) is 3.97. The maximum absolute atomic E-state index is 13.6. The molecule has 0 unspecified atom stereocenters. The van der Waals surface area contributed by atoms with Crippen LogP contribution in [0.3, 0.4) is 0 Å². The van der Waals surface area contributed by atoms with Gasteiger partial charge in [-0.2, -0.15) is 5.10 Å². The first kappa shape index (κ1) is 20.7. The molecule has 2 amide bonds. The van der Waals surface area contributed by atoms with Gasteiger partial charge in [0.1, 0.15) is 11.5 Å². The van der Waals surface area contributed by atoms with Gasteiger partial charge in [0.25, 0.3) is 11.8 Å². The van der Waals surface area contributed by atoms with Crippen LogP contribution in [0.15, 0.2) is 60.9 Å². The molecule has 3 heterocycles. The monoisotopic (exact) mass is 421 g/mol. The molecule has 8 heteroatoms. The van der Waals surface area contributed by atoms with Crippen molar-refractivity contribution in [3.8, 4) is 0 Å². The number of nitrogens with zero attached hydrogens (tertiary/aromatic N) is 4. The molecule has 3 aromatic rings. The maximum Gasteiger partial charge on any atom is 0.274 e. The van der Waals surface area contributed by atoms with E-state index in [0.29, 0.717) is 31.6 Å². The number of aryl methyl sites for hydroxylation is 1. The Kier molecular flexibility index (Phi) is 6.06. The molecule has 1 atom stereocenters. The maximum atomic E-state index is 13.6. The predicted molar refractivity (Wildman–Crippen MR) is 113 cm³/mol. The molecule has 1 aliphatic heterocycles. The Morgan fingerprint density at radius 2 is 1.94 bits per heavy atom. The fourth-order valence-corrected chi connectivity index (χ4v) is 3.97. The average Bonchev–Trinajstić information content (AvgIpc) is 3.24. The number of pyridine rings is 1. The van der Waals surface area contributed by atoms with Crippen molar-refractivity contribution >= 4 is 11.8 Å². The zero-order valence-corrected chi connectivity index (χ0v) is 17.2. The molecule has 1 fully saturated rings. The Morgan fingerprint density at radius 1 is 1.13 bits per heavy atom. The van der Waals surface area contributed by atoms with E-state index >= 15 is 0 Å². The van der Waals surface area contributed by atoms with Crippen molar-refractivity contribution in [3.63, 3.8) is 0 Å². The third-order valence-corrected chi connectivity index (χ3v) is 5.61. The summed E-state index contributed by atoms with van der Waals surface area (Å²) in [5.74, 6) is -0.789. The molecule has 0 bridgehead atoms. The lowest BCUT2D eigenvalue weighted by Gasteiger charge is -2.36. The molecule has 1 aromatic carbocycles. The number of piperidine rings is 1. The number of amides is 2. The first-order valence-corrected chi connectivity index (χ1v) is 10.3. The molecule has 4 rings (SSSR count). The van der Waals surface area contributed by atoms with Gasteiger partial charge < -0.3 is 10.2 Å². The number of hydrogen-bond donors (Lipinski definition) is 1. The lowest BCUT2D eigenvalue weighted by Crippen LogP contribution is -2.43. The largest absolute Gasteiger partial charge is 0.343 e. The summed E-state index contributed by atoms with van der Waals surface area (Å²) >= 11 is 0. The summed E-state index contributed by atoms with van der Waals surface area (Å²) in [6.45, 7) is 1.14. The minimum atomic E-state index is -0.455. The molecule has 1 aliphatic rings. The topological polar surface area (TPSA) is 80.1 Å². The normalized spacial score (nSPS) is 15.5. The molecule has 31 heavy (non-hydrogen) atoms. The molecule has 0 saturated carbocycles. The zero-order valence-electron chi connectivity index (χ0n) is 17.2. The van der Waals surface area contributed by atoms with E-state index in [1.54, 1.807) is 41.2 Å². The van der Waals surface area contributed by atoms with E-state index in [1.807, 2.05) is 18.2 Å². The number of aromatic nitrogens is 3. The minimum Gasteiger partial charge on any atom is -0.343 e. The van der Waals surface area contributed by atoms with Gasteiger partial charge in [-0.05, 0) is 55.2 Å². The number of benzene rings is 1. The van der Waals surface area contributed by atoms with Gasteiger partial charge in [-0.3, -0.25) is 19.3 Å². The molecule has 1 N–H and O–H groups in total. The average molecular weight is 421 g/mol. The van der Waals surface area contributed by atoms with Crippen LogP contribution in [-0.2, 0) is 7.05 Å². The fraction of sp³-hybridized carbons (Fsp3) is 0.304. The van der Waals surface area contributed by atoms with Crippen LogP contribution in [0.25, 0.3) is 0 Å². The summed E-state index contributed by atoms with van der Waals surface area (Å²) in [6.07, 6.45) is 4.86. The zero-order chi connectivity index (χ0) is 21.8. The van der Waals surface area contributed by atoms with Crippen LogP contribution < -0.4 is 5.32 Å². The standard InChI is InChI=1S/C23H24FN5O2/c1-28-12-10-20(27-28)23(31)29-13-8-16(9-14-29)21(19-7-2-3-11-25-19)26-22(30)17-5-4-6-18(24)15-17/h2-7,10-12,15-16,21H,8-9,13-14H2,1H3,(H,26,30)/t21-/m1/s1. The SMILES string of the molecule is Cn1ccc(C(=O)N2CCC([C@@H](NC(=O)c3cccc(F)c3)c3ccccn3)CC2)n1. The summed E-state index contributed by atoms with van der Waals surface area (Å²) in [5.41, 5.74) is 1.45. The Hall–Kier alpha value is -3.55. The summed E-state index contributed by atoms with van der Waals surface area (Å²) in [7, 11) is 1.78. The number of likely N-dealkylation sites (tertiary alicyclic amines) is 1. The van der Waals surface area contributed by atoms with Crippen LogP contribution >= 0.6 is 0 Å². The summed E-state index contributed by atoms with van der Waals surface area (Å²) in [5, 5.41) is 7.23. The first-order valence-electron chi connectivity index (χ1n) is 10.3. The van der Waals surface area contributed by atoms with Gasteiger partial charge in [-0.15, -0.1) is 0 Å². The molecule has 0 radical (unpaired) electrons. The highest BCUT2D eigenvalue weighted by Gasteiger charge is 2.32. The highest BCUT2D eigenvalue weighted by Crippen LogP contribution is 2.30. The second-order valence-corrected chi connectivity index (χ2v) is 7.72. The molecule has 0 aliphatic carbocycles. The molecular formula is C23H24FN5O2. The molecule has 0 spiro atoms. The van der Waals surface area contributed by atoms with Crippen molar-refractivity contribution in [1.29, 1.82) is 0 Å². The third kappa shape index (κ3) is 4.79. The third-order valence-electron chi connectivity index (χ3n) is 5.61. The first-order chi connectivity index (χ1) is 15.0. The molecule has 7 nitrogen and oxygen atoms in total. The molecule has 2 aromatic heterocycles. The van der Waals surface area contributed by atoms with Gasteiger partial charge in [0.15, 0.2) is 0 Å². The van der Waals surface area contributed by atoms with Gasteiger partial charge in [0, 0.05) is 38.1 Å². The van der Waals surface area contributed by atoms with Gasteiger partial charge in [-0.1, -0.05) is 12.1 Å². The van der Waals surface area contributed by atoms with Crippen LogP contribution in [0.4, 0.5) is 4.39 Å². The van der Waals surface area contributed by atoms with Gasteiger partial charge in [0.2, 0.25) is 0 Å². The van der Waals surface area contributed by atoms with Crippen molar-refractivity contribution in [3.05, 3.63) is 83.7 Å². The van der Waals surface area contributed by atoms with E-state index < -0.39 is 5.82 Å². The van der Waals surface area contributed by atoms with E-state index in [2.05, 4.69) is 15.4 Å². The number of nitrogens with one attached hydrogen (secondary N) is 1. The number of rotatable bonds is 5. The molecule has 160 valence electrons. The van der Waals surface area contributed by atoms with E-state index in [1.165, 1.54) is 18.2 Å². The second kappa shape index (κ2) is 9.07. The van der Waals surface area contributed by atoms with Crippen LogP contribution in [0.1, 0.15) is 45.4 Å². The predicted octanol–water partition coefficient (Wildman–Crippen LogP) is 2.98. The van der Waals surface area contributed by atoms with Crippen molar-refractivity contribution in [2.75, 3.05) is 13.1 Å². The number of hydrogen-bond acceptors (Lipinski definition) is 4. The van der Waals surface area contributed by atoms with Crippen LogP contribution in [0, 0.1) is 11.7 Å². The van der Waals surface area contributed by atoms with Crippen LogP contribution in [-0.4, -0.2) is 44.6 Å². The second-order valence-electron chi connectivity index (χ2n) is 7.72. The van der Waals surface area contributed by atoms with Gasteiger partial charge >= 0.3 is 0 Å². The molecule has 1 saturated heterocycles.